The number of thioether (sulfide) groups is 1. The molecular formula is C18H14ClN3O6S2. The molecule has 0 bridgehead atoms. The number of carboxylic acids is 1. The minimum atomic E-state index is -4.03. The van der Waals surface area contributed by atoms with Gasteiger partial charge in [0.25, 0.3) is 0 Å². The van der Waals surface area contributed by atoms with E-state index in [4.69, 9.17) is 20.9 Å². The maximum Gasteiger partial charge on any atom is 0.339 e. The second-order valence-electron chi connectivity index (χ2n) is 5.91. The molecule has 1 fully saturated rings. The first-order chi connectivity index (χ1) is 14.2. The van der Waals surface area contributed by atoms with E-state index in [-0.39, 0.29) is 22.2 Å². The molecule has 0 aromatic heterocycles. The lowest BCUT2D eigenvalue weighted by atomic mass is 10.2. The third kappa shape index (κ3) is 5.81. The van der Waals surface area contributed by atoms with Crippen LogP contribution >= 0.6 is 23.4 Å². The number of hydrogen-bond donors (Lipinski definition) is 2. The molecule has 1 heterocycles. The molecule has 0 unspecified atom stereocenters. The van der Waals surface area contributed by atoms with Gasteiger partial charge < -0.3 is 14.6 Å². The van der Waals surface area contributed by atoms with Gasteiger partial charge in [-0.1, -0.05) is 35.5 Å². The molecule has 12 heteroatoms. The summed E-state index contributed by atoms with van der Waals surface area (Å²) in [6, 6.07) is 11.7. The van der Waals surface area contributed by atoms with Crippen LogP contribution in [0.1, 0.15) is 12.0 Å². The zero-order valence-electron chi connectivity index (χ0n) is 15.1. The van der Waals surface area contributed by atoms with E-state index in [2.05, 4.69) is 15.5 Å². The van der Waals surface area contributed by atoms with Gasteiger partial charge >= 0.3 is 16.1 Å². The Balaban J connectivity index is 1.68. The SMILES string of the molecule is O=C(O)C[C@@H]1S/C(=N\N=C/c2cccc(OS(=O)(=O)c3ccc(Cl)cc3)c2)NC1=O. The average molecular weight is 468 g/mol. The van der Waals surface area contributed by atoms with Crippen molar-refractivity contribution in [1.82, 2.24) is 5.32 Å². The van der Waals surface area contributed by atoms with Crippen LogP contribution in [0.2, 0.25) is 5.02 Å². The summed E-state index contributed by atoms with van der Waals surface area (Å²) >= 11 is 6.74. The Morgan fingerprint density at radius 2 is 2.00 bits per heavy atom. The van der Waals surface area contributed by atoms with Gasteiger partial charge in [-0.2, -0.15) is 13.5 Å². The van der Waals surface area contributed by atoms with Crippen LogP contribution in [-0.2, 0) is 19.7 Å². The molecule has 156 valence electrons. The quantitative estimate of drug-likeness (QED) is 0.363. The van der Waals surface area contributed by atoms with Crippen molar-refractivity contribution in [2.45, 2.75) is 16.6 Å². The third-order valence-corrected chi connectivity index (χ3v) is 6.24. The number of rotatable bonds is 7. The lowest BCUT2D eigenvalue weighted by Crippen LogP contribution is -2.26. The number of amides is 1. The number of benzene rings is 2. The Morgan fingerprint density at radius 1 is 1.27 bits per heavy atom. The van der Waals surface area contributed by atoms with Crippen molar-refractivity contribution in [1.29, 1.82) is 0 Å². The van der Waals surface area contributed by atoms with Gasteiger partial charge in [0, 0.05) is 5.02 Å². The standard InChI is InChI=1S/C18H14ClN3O6S2/c19-12-4-6-14(7-5-12)30(26,27)28-13-3-1-2-11(8-13)10-20-22-18-21-17(25)15(29-18)9-16(23)24/h1-8,10,15H,9H2,(H,23,24)(H,21,22,25)/b20-10-/t15-/m0/s1. The van der Waals surface area contributed by atoms with Crippen LogP contribution in [0.25, 0.3) is 0 Å². The summed E-state index contributed by atoms with van der Waals surface area (Å²) < 4.78 is 29.8. The highest BCUT2D eigenvalue weighted by atomic mass is 35.5. The molecule has 0 aliphatic carbocycles. The second kappa shape index (κ2) is 9.28. The van der Waals surface area contributed by atoms with Gasteiger partial charge in [0.1, 0.15) is 15.9 Å². The predicted octanol–water partition coefficient (Wildman–Crippen LogP) is 2.50. The van der Waals surface area contributed by atoms with Crippen molar-refractivity contribution in [3.8, 4) is 5.75 Å². The molecule has 1 aliphatic heterocycles. The molecule has 0 spiro atoms. The van der Waals surface area contributed by atoms with Crippen LogP contribution < -0.4 is 9.50 Å². The lowest BCUT2D eigenvalue weighted by Gasteiger charge is -2.07. The number of amidine groups is 1. The first-order valence-electron chi connectivity index (χ1n) is 8.33. The van der Waals surface area contributed by atoms with Gasteiger partial charge in [-0.3, -0.25) is 9.59 Å². The Hall–Kier alpha value is -2.89. The van der Waals surface area contributed by atoms with E-state index in [0.717, 1.165) is 11.8 Å². The number of nitrogens with one attached hydrogen (secondary N) is 1. The van der Waals surface area contributed by atoms with Gasteiger partial charge in [-0.15, -0.1) is 5.10 Å². The van der Waals surface area contributed by atoms with Crippen molar-refractivity contribution in [3.63, 3.8) is 0 Å². The van der Waals surface area contributed by atoms with Crippen molar-refractivity contribution in [3.05, 3.63) is 59.1 Å². The Labute approximate surface area is 180 Å². The molecule has 3 rings (SSSR count). The van der Waals surface area contributed by atoms with Crippen LogP contribution in [0.4, 0.5) is 0 Å². The summed E-state index contributed by atoms with van der Waals surface area (Å²) in [6.45, 7) is 0. The fraction of sp³-hybridized carbons (Fsp3) is 0.111. The van der Waals surface area contributed by atoms with Crippen molar-refractivity contribution in [2.75, 3.05) is 0 Å². The minimum absolute atomic E-state index is 0.0396. The highest BCUT2D eigenvalue weighted by Crippen LogP contribution is 2.23. The van der Waals surface area contributed by atoms with E-state index in [1.165, 1.54) is 42.6 Å². The normalized spacial score (nSPS) is 18.0. The zero-order valence-corrected chi connectivity index (χ0v) is 17.4. The van der Waals surface area contributed by atoms with Crippen molar-refractivity contribution in [2.24, 2.45) is 10.2 Å². The van der Waals surface area contributed by atoms with Gasteiger partial charge in [0.15, 0.2) is 5.17 Å². The van der Waals surface area contributed by atoms with Gasteiger partial charge in [-0.25, -0.2) is 0 Å². The van der Waals surface area contributed by atoms with Crippen LogP contribution in [0, 0.1) is 0 Å². The molecule has 30 heavy (non-hydrogen) atoms. The summed E-state index contributed by atoms with van der Waals surface area (Å²) in [7, 11) is -4.03. The molecular weight excluding hydrogens is 454 g/mol. The average Bonchev–Trinajstić information content (AvgIpc) is 3.00. The predicted molar refractivity (Wildman–Crippen MR) is 113 cm³/mol. The van der Waals surface area contributed by atoms with E-state index in [9.17, 15) is 18.0 Å². The highest BCUT2D eigenvalue weighted by Gasteiger charge is 2.32. The molecule has 2 aromatic rings. The molecule has 1 saturated heterocycles. The Bertz CT molecular complexity index is 1130. The number of carbonyl (C=O) groups is 2. The lowest BCUT2D eigenvalue weighted by molar-refractivity contribution is -0.138. The van der Waals surface area contributed by atoms with Gasteiger partial charge in [-0.05, 0) is 42.0 Å². The molecule has 0 radical (unpaired) electrons. The molecule has 9 nitrogen and oxygen atoms in total. The van der Waals surface area contributed by atoms with Crippen molar-refractivity contribution < 1.29 is 27.3 Å². The second-order valence-corrected chi connectivity index (χ2v) is 9.08. The number of halogens is 1. The summed E-state index contributed by atoms with van der Waals surface area (Å²) in [5.41, 5.74) is 0.500. The molecule has 1 atom stereocenters. The summed E-state index contributed by atoms with van der Waals surface area (Å²) in [5, 5.41) is 18.7. The fourth-order valence-corrected chi connectivity index (χ4v) is 4.28. The van der Waals surface area contributed by atoms with Gasteiger partial charge in [0.2, 0.25) is 5.91 Å². The molecule has 1 amide bonds. The molecule has 2 N–H and O–H groups in total. The van der Waals surface area contributed by atoms with E-state index in [1.807, 2.05) is 0 Å². The van der Waals surface area contributed by atoms with Crippen LogP contribution in [0.5, 0.6) is 5.75 Å². The van der Waals surface area contributed by atoms with Crippen LogP contribution in [0.15, 0.2) is 63.6 Å². The topological polar surface area (TPSA) is 134 Å². The number of carboxylic acid groups (broad SMARTS) is 1. The van der Waals surface area contributed by atoms with E-state index >= 15 is 0 Å². The zero-order chi connectivity index (χ0) is 21.7. The third-order valence-electron chi connectivity index (χ3n) is 3.66. The molecule has 2 aromatic carbocycles. The van der Waals surface area contributed by atoms with Crippen molar-refractivity contribution >= 4 is 56.7 Å². The van der Waals surface area contributed by atoms with Crippen LogP contribution in [-0.4, -0.2) is 42.0 Å². The number of aliphatic carboxylic acids is 1. The Kier molecular flexibility index (Phi) is 6.75. The number of carbonyl (C=O) groups excluding carboxylic acids is 1. The number of hydrogen-bond acceptors (Lipinski definition) is 8. The van der Waals surface area contributed by atoms with Crippen LogP contribution in [0.3, 0.4) is 0 Å². The van der Waals surface area contributed by atoms with Gasteiger partial charge in [0.05, 0.1) is 12.6 Å². The summed E-state index contributed by atoms with van der Waals surface area (Å²) in [5.74, 6) is -1.46. The summed E-state index contributed by atoms with van der Waals surface area (Å²) in [4.78, 5) is 22.3. The maximum atomic E-state index is 12.3. The minimum Gasteiger partial charge on any atom is -0.481 e. The fourth-order valence-electron chi connectivity index (χ4n) is 2.32. The largest absolute Gasteiger partial charge is 0.481 e. The van der Waals surface area contributed by atoms with E-state index in [0.29, 0.717) is 10.6 Å². The van der Waals surface area contributed by atoms with E-state index < -0.39 is 27.2 Å². The number of nitrogens with zero attached hydrogens (tertiary/aromatic N) is 2. The monoisotopic (exact) mass is 467 g/mol. The first kappa shape index (κ1) is 21.8. The highest BCUT2D eigenvalue weighted by molar-refractivity contribution is 8.15. The molecule has 1 aliphatic rings. The smallest absolute Gasteiger partial charge is 0.339 e. The van der Waals surface area contributed by atoms with E-state index in [1.54, 1.807) is 12.1 Å². The molecule has 0 saturated carbocycles. The Morgan fingerprint density at radius 3 is 2.70 bits per heavy atom. The summed E-state index contributed by atoms with van der Waals surface area (Å²) in [6.07, 6.45) is 1.02. The maximum absolute atomic E-state index is 12.3. The first-order valence-corrected chi connectivity index (χ1v) is 11.0.